The molecule has 2 aliphatic heterocycles. The lowest BCUT2D eigenvalue weighted by Crippen LogP contribution is -2.88. The fraction of sp³-hybridized carbons (Fsp3) is 0.333. The number of rotatable bonds is 6. The molecular formula is C30H25ClF2N4O3S. The van der Waals surface area contributed by atoms with Gasteiger partial charge in [-0.1, -0.05) is 47.1 Å². The fourth-order valence-corrected chi connectivity index (χ4v) is 9.35. The van der Waals surface area contributed by atoms with Crippen LogP contribution in [-0.2, 0) is 18.6 Å². The normalized spacial score (nSPS) is 27.7. The van der Waals surface area contributed by atoms with E-state index in [1.807, 2.05) is 41.0 Å². The highest BCUT2D eigenvalue weighted by Gasteiger charge is 2.83. The number of aromatic nitrogens is 2. The second kappa shape index (κ2) is 8.91. The highest BCUT2D eigenvalue weighted by molar-refractivity contribution is 7.97. The van der Waals surface area contributed by atoms with Crippen LogP contribution in [0.25, 0.3) is 11.3 Å². The van der Waals surface area contributed by atoms with E-state index in [-0.39, 0.29) is 23.2 Å². The molecule has 4 unspecified atom stereocenters. The summed E-state index contributed by atoms with van der Waals surface area (Å²) in [6, 6.07) is 15.2. The predicted molar refractivity (Wildman–Crippen MR) is 149 cm³/mol. The minimum absolute atomic E-state index is 0.153. The number of amides is 1. The van der Waals surface area contributed by atoms with E-state index in [1.165, 1.54) is 6.07 Å². The first-order chi connectivity index (χ1) is 19.8. The van der Waals surface area contributed by atoms with Crippen molar-refractivity contribution in [2.24, 2.45) is 5.41 Å². The molecule has 2 aliphatic carbocycles. The Morgan fingerprint density at radius 1 is 1.15 bits per heavy atom. The topological polar surface area (TPSA) is 83.5 Å². The fourth-order valence-electron chi connectivity index (χ4n) is 7.43. The summed E-state index contributed by atoms with van der Waals surface area (Å²) in [5, 5.41) is 19.2. The van der Waals surface area contributed by atoms with Crippen LogP contribution in [0.2, 0.25) is 5.02 Å². The number of nitrogens with zero attached hydrogens (tertiary/aromatic N) is 3. The zero-order valence-electron chi connectivity index (χ0n) is 21.7. The van der Waals surface area contributed by atoms with Gasteiger partial charge in [0, 0.05) is 53.1 Å². The van der Waals surface area contributed by atoms with Crippen molar-refractivity contribution in [1.29, 1.82) is 0 Å². The van der Waals surface area contributed by atoms with Crippen molar-refractivity contribution in [3.05, 3.63) is 88.3 Å². The van der Waals surface area contributed by atoms with Gasteiger partial charge in [0.25, 0.3) is 5.91 Å². The van der Waals surface area contributed by atoms with Crippen molar-refractivity contribution in [3.63, 3.8) is 0 Å². The molecule has 0 radical (unpaired) electrons. The van der Waals surface area contributed by atoms with Crippen LogP contribution in [0.4, 0.5) is 14.5 Å². The van der Waals surface area contributed by atoms with E-state index < -0.39 is 23.1 Å². The first-order valence-corrected chi connectivity index (χ1v) is 14.9. The maximum Gasteiger partial charge on any atom is 0.273 e. The molecule has 0 bridgehead atoms. The van der Waals surface area contributed by atoms with Crippen LogP contribution in [0.3, 0.4) is 0 Å². The summed E-state index contributed by atoms with van der Waals surface area (Å²) in [6.45, 7) is 0.655. The lowest BCUT2D eigenvalue weighted by Gasteiger charge is -2.81. The van der Waals surface area contributed by atoms with Crippen molar-refractivity contribution in [1.82, 2.24) is 14.0 Å². The number of piperidine rings is 2. The van der Waals surface area contributed by atoms with E-state index in [0.717, 1.165) is 54.0 Å². The Morgan fingerprint density at radius 3 is 2.71 bits per heavy atom. The monoisotopic (exact) mass is 594 g/mol. The molecule has 4 aromatic rings. The van der Waals surface area contributed by atoms with E-state index in [2.05, 4.69) is 14.8 Å². The van der Waals surface area contributed by atoms with Gasteiger partial charge >= 0.3 is 0 Å². The maximum atomic E-state index is 13.7. The van der Waals surface area contributed by atoms with Crippen LogP contribution in [-0.4, -0.2) is 37.1 Å². The highest BCUT2D eigenvalue weighted by atomic mass is 35.5. The first-order valence-electron chi connectivity index (χ1n) is 13.7. The van der Waals surface area contributed by atoms with Gasteiger partial charge < -0.3 is 19.5 Å². The molecule has 4 aliphatic rings. The van der Waals surface area contributed by atoms with Crippen molar-refractivity contribution in [2.75, 3.05) is 5.32 Å². The zero-order chi connectivity index (χ0) is 28.1. The number of fused-ring (bicyclic) bond motifs is 1. The number of halogens is 3. The van der Waals surface area contributed by atoms with E-state index in [4.69, 9.17) is 16.1 Å². The van der Waals surface area contributed by atoms with Crippen LogP contribution < -0.4 is 5.32 Å². The predicted octanol–water partition coefficient (Wildman–Crippen LogP) is 6.40. The van der Waals surface area contributed by atoms with Gasteiger partial charge in [0.2, 0.25) is 0 Å². The van der Waals surface area contributed by atoms with Crippen molar-refractivity contribution >= 4 is 35.1 Å². The first kappa shape index (κ1) is 25.5. The molecule has 1 amide bonds. The molecular weight excluding hydrogens is 570 g/mol. The third-order valence-electron chi connectivity index (χ3n) is 9.54. The largest absolute Gasteiger partial charge is 0.383 e. The summed E-state index contributed by atoms with van der Waals surface area (Å²) in [4.78, 5) is 14.1. The van der Waals surface area contributed by atoms with Gasteiger partial charge in [-0.05, 0) is 56.2 Å². The Kier molecular flexibility index (Phi) is 5.55. The SMILES string of the molecule is O=C(Nc1ccc(F)c(F)c1)c1c(Cl)c(SN2C3CCC34C2CC4(O)c2cc(-c3ccccc3)on2)c2n1CCC2. The molecule has 2 N–H and O–H groups in total. The average molecular weight is 595 g/mol. The molecule has 41 heavy (non-hydrogen) atoms. The lowest BCUT2D eigenvalue weighted by molar-refractivity contribution is -0.349. The van der Waals surface area contributed by atoms with Gasteiger partial charge in [0.1, 0.15) is 17.0 Å². The summed E-state index contributed by atoms with van der Waals surface area (Å²) in [6.07, 6.45) is 4.07. The molecule has 8 rings (SSSR count). The molecule has 2 aromatic carbocycles. The van der Waals surface area contributed by atoms with Crippen LogP contribution >= 0.6 is 23.5 Å². The summed E-state index contributed by atoms with van der Waals surface area (Å²) >= 11 is 8.44. The second-order valence-electron chi connectivity index (χ2n) is 11.3. The number of benzene rings is 2. The van der Waals surface area contributed by atoms with Crippen LogP contribution in [0.5, 0.6) is 0 Å². The van der Waals surface area contributed by atoms with Gasteiger partial charge in [-0.2, -0.15) is 0 Å². The van der Waals surface area contributed by atoms with E-state index in [9.17, 15) is 18.7 Å². The molecule has 1 saturated heterocycles. The number of aliphatic hydroxyl groups is 1. The van der Waals surface area contributed by atoms with Gasteiger partial charge in [-0.25, -0.2) is 13.1 Å². The van der Waals surface area contributed by atoms with E-state index in [0.29, 0.717) is 35.1 Å². The van der Waals surface area contributed by atoms with Gasteiger partial charge in [-0.3, -0.25) is 4.79 Å². The third-order valence-corrected chi connectivity index (χ3v) is 11.4. The Bertz CT molecular complexity index is 1720. The molecule has 11 heteroatoms. The summed E-state index contributed by atoms with van der Waals surface area (Å²) in [5.41, 5.74) is 1.68. The van der Waals surface area contributed by atoms with Crippen LogP contribution in [0, 0.1) is 17.0 Å². The highest BCUT2D eigenvalue weighted by Crippen LogP contribution is 2.77. The Balaban J connectivity index is 1.04. The Morgan fingerprint density at radius 2 is 1.98 bits per heavy atom. The number of hydrogen-bond donors (Lipinski definition) is 2. The quantitative estimate of drug-likeness (QED) is 0.251. The molecule has 1 spiro atoms. The van der Waals surface area contributed by atoms with Crippen molar-refractivity contribution in [3.8, 4) is 11.3 Å². The van der Waals surface area contributed by atoms with Crippen LogP contribution in [0.15, 0.2) is 64.0 Å². The molecule has 3 fully saturated rings. The van der Waals surface area contributed by atoms with Gasteiger partial charge in [0.15, 0.2) is 17.4 Å². The summed E-state index contributed by atoms with van der Waals surface area (Å²) in [7, 11) is 0. The second-order valence-corrected chi connectivity index (χ2v) is 12.7. The number of anilines is 1. The van der Waals surface area contributed by atoms with E-state index >= 15 is 0 Å². The summed E-state index contributed by atoms with van der Waals surface area (Å²) in [5.74, 6) is -1.83. The standard InChI is InChI=1S/C30H25ClF2N4O3S/c31-25-26(28(38)34-17-8-9-18(32)19(33)13-17)36-12-4-7-20(36)27(25)41-37-23-10-11-29(23)24(37)15-30(29,39)22-14-21(40-35-22)16-5-2-1-3-6-16/h1-3,5-6,8-9,13-14,23-24,39H,4,7,10-12,15H2,(H,34,38). The van der Waals surface area contributed by atoms with Crippen molar-refractivity contribution in [2.45, 2.75) is 61.2 Å². The zero-order valence-corrected chi connectivity index (χ0v) is 23.3. The molecule has 7 nitrogen and oxygen atoms in total. The molecule has 2 saturated carbocycles. The number of hydrogen-bond acceptors (Lipinski definition) is 6. The van der Waals surface area contributed by atoms with Gasteiger partial charge in [-0.15, -0.1) is 0 Å². The average Bonchev–Trinajstić information content (AvgIpc) is 3.67. The molecule has 4 atom stereocenters. The van der Waals surface area contributed by atoms with Crippen LogP contribution in [0.1, 0.15) is 47.6 Å². The molecule has 2 aromatic heterocycles. The maximum absolute atomic E-state index is 13.7. The smallest absolute Gasteiger partial charge is 0.273 e. The van der Waals surface area contributed by atoms with Crippen molar-refractivity contribution < 1.29 is 23.2 Å². The minimum Gasteiger partial charge on any atom is -0.383 e. The van der Waals surface area contributed by atoms with E-state index in [1.54, 1.807) is 11.9 Å². The Labute approximate surface area is 243 Å². The lowest BCUT2D eigenvalue weighted by atomic mass is 9.36. The molecule has 4 heterocycles. The van der Waals surface area contributed by atoms with Gasteiger partial charge in [0.05, 0.1) is 9.92 Å². The minimum atomic E-state index is -1.05. The number of carbonyl (C=O) groups is 1. The number of carbonyl (C=O) groups excluding carboxylic acids is 1. The Hall–Kier alpha value is -3.18. The summed E-state index contributed by atoms with van der Waals surface area (Å²) < 4.78 is 37.0. The molecule has 210 valence electrons. The number of nitrogens with one attached hydrogen (secondary N) is 1. The third kappa shape index (κ3) is 3.39.